The van der Waals surface area contributed by atoms with Crippen molar-refractivity contribution in [2.75, 3.05) is 21.3 Å². The molecule has 1 aromatic heterocycles. The van der Waals surface area contributed by atoms with E-state index in [1.165, 1.54) is 5.57 Å². The van der Waals surface area contributed by atoms with Gasteiger partial charge in [0.05, 0.1) is 27.0 Å². The Kier molecular flexibility index (Phi) is 5.56. The highest BCUT2D eigenvalue weighted by Gasteiger charge is 2.12. The molecule has 0 saturated heterocycles. The molecule has 0 fully saturated rings. The molecule has 0 unspecified atom stereocenters. The van der Waals surface area contributed by atoms with Crippen LogP contribution in [0.2, 0.25) is 0 Å². The van der Waals surface area contributed by atoms with Crippen LogP contribution in [0, 0.1) is 0 Å². The normalized spacial score (nSPS) is 13.8. The van der Waals surface area contributed by atoms with Gasteiger partial charge in [-0.2, -0.15) is 0 Å². The molecule has 0 atom stereocenters. The third-order valence-electron chi connectivity index (χ3n) is 3.94. The molecule has 25 heavy (non-hydrogen) atoms. The maximum atomic E-state index is 5.39. The fourth-order valence-electron chi connectivity index (χ4n) is 2.67. The van der Waals surface area contributed by atoms with Gasteiger partial charge < -0.3 is 14.2 Å². The molecule has 5 heteroatoms. The van der Waals surface area contributed by atoms with Gasteiger partial charge in [0.15, 0.2) is 11.5 Å². The smallest absolute Gasteiger partial charge is 0.203 e. The lowest BCUT2D eigenvalue weighted by atomic mass is 10.1. The molecule has 130 valence electrons. The molecule has 0 bridgehead atoms. The Morgan fingerprint density at radius 1 is 1.04 bits per heavy atom. The van der Waals surface area contributed by atoms with Crippen molar-refractivity contribution in [2.24, 2.45) is 0 Å². The molecule has 0 amide bonds. The van der Waals surface area contributed by atoms with Gasteiger partial charge >= 0.3 is 0 Å². The molecular formula is C20H21NO3S. The predicted octanol–water partition coefficient (Wildman–Crippen LogP) is 5.07. The van der Waals surface area contributed by atoms with Crippen LogP contribution in [-0.4, -0.2) is 26.3 Å². The standard InChI is InChI=1S/C20H21NO3S/c1-22-17-11-14(12-18(23-2)19(17)24-3)9-10-16-13-25-20(21-16)15-7-5-4-6-8-15/h4-5,7,9-13H,6,8H2,1-3H3/b10-9-. The summed E-state index contributed by atoms with van der Waals surface area (Å²) in [6.45, 7) is 0. The van der Waals surface area contributed by atoms with E-state index in [0.717, 1.165) is 29.1 Å². The second-order valence-corrected chi connectivity index (χ2v) is 6.39. The highest BCUT2D eigenvalue weighted by molar-refractivity contribution is 7.10. The Balaban J connectivity index is 1.83. The molecule has 1 aliphatic rings. The summed E-state index contributed by atoms with van der Waals surface area (Å²) in [5.74, 6) is 1.87. The van der Waals surface area contributed by atoms with Crippen molar-refractivity contribution >= 4 is 29.1 Å². The second-order valence-electron chi connectivity index (χ2n) is 5.53. The SMILES string of the molecule is COc1cc(/C=C\c2csc(C3=CC=CCC3)n2)cc(OC)c1OC. The van der Waals surface area contributed by atoms with Gasteiger partial charge in [-0.05, 0) is 42.2 Å². The van der Waals surface area contributed by atoms with E-state index in [1.54, 1.807) is 32.7 Å². The number of thiazole rings is 1. The van der Waals surface area contributed by atoms with E-state index in [9.17, 15) is 0 Å². The predicted molar refractivity (Wildman–Crippen MR) is 103 cm³/mol. The van der Waals surface area contributed by atoms with Crippen molar-refractivity contribution in [1.82, 2.24) is 4.98 Å². The van der Waals surface area contributed by atoms with Crippen LogP contribution in [0.4, 0.5) is 0 Å². The van der Waals surface area contributed by atoms with Crippen LogP contribution in [0.15, 0.2) is 35.7 Å². The highest BCUT2D eigenvalue weighted by Crippen LogP contribution is 2.38. The maximum absolute atomic E-state index is 5.39. The minimum absolute atomic E-state index is 0.593. The van der Waals surface area contributed by atoms with Crippen LogP contribution < -0.4 is 14.2 Å². The van der Waals surface area contributed by atoms with E-state index in [2.05, 4.69) is 23.6 Å². The van der Waals surface area contributed by atoms with Crippen molar-refractivity contribution in [3.8, 4) is 17.2 Å². The minimum atomic E-state index is 0.593. The van der Waals surface area contributed by atoms with Gasteiger partial charge in [0, 0.05) is 5.38 Å². The van der Waals surface area contributed by atoms with Crippen molar-refractivity contribution in [3.05, 3.63) is 52.0 Å². The summed E-state index contributed by atoms with van der Waals surface area (Å²) >= 11 is 1.68. The van der Waals surface area contributed by atoms with Crippen LogP contribution in [0.25, 0.3) is 17.7 Å². The fourth-order valence-corrected chi connectivity index (χ4v) is 3.51. The number of benzene rings is 1. The van der Waals surface area contributed by atoms with Crippen molar-refractivity contribution in [1.29, 1.82) is 0 Å². The first-order chi connectivity index (χ1) is 12.2. The van der Waals surface area contributed by atoms with E-state index in [4.69, 9.17) is 19.2 Å². The van der Waals surface area contributed by atoms with Gasteiger partial charge in [-0.3, -0.25) is 0 Å². The molecule has 1 heterocycles. The largest absolute Gasteiger partial charge is 0.493 e. The van der Waals surface area contributed by atoms with E-state index < -0.39 is 0 Å². The summed E-state index contributed by atoms with van der Waals surface area (Å²) in [4.78, 5) is 4.71. The number of ether oxygens (including phenoxy) is 3. The zero-order valence-corrected chi connectivity index (χ0v) is 15.4. The average molecular weight is 355 g/mol. The van der Waals surface area contributed by atoms with E-state index in [0.29, 0.717) is 17.2 Å². The Morgan fingerprint density at radius 3 is 2.40 bits per heavy atom. The molecule has 0 radical (unpaired) electrons. The summed E-state index contributed by atoms with van der Waals surface area (Å²) in [5, 5.41) is 3.16. The fraction of sp³-hybridized carbons (Fsp3) is 0.250. The van der Waals surface area contributed by atoms with Crippen LogP contribution in [0.3, 0.4) is 0 Å². The minimum Gasteiger partial charge on any atom is -0.493 e. The van der Waals surface area contributed by atoms with Crippen LogP contribution in [0.1, 0.15) is 29.1 Å². The quantitative estimate of drug-likeness (QED) is 0.725. The summed E-state index contributed by atoms with van der Waals surface area (Å²) < 4.78 is 16.1. The second kappa shape index (κ2) is 8.03. The lowest BCUT2D eigenvalue weighted by molar-refractivity contribution is 0.324. The summed E-state index contributed by atoms with van der Waals surface area (Å²) in [6, 6.07) is 3.83. The Bertz CT molecular complexity index is 808. The first kappa shape index (κ1) is 17.3. The first-order valence-electron chi connectivity index (χ1n) is 8.05. The van der Waals surface area contributed by atoms with Crippen LogP contribution in [-0.2, 0) is 0 Å². The van der Waals surface area contributed by atoms with Crippen LogP contribution in [0.5, 0.6) is 17.2 Å². The monoisotopic (exact) mass is 355 g/mol. The number of rotatable bonds is 6. The zero-order valence-electron chi connectivity index (χ0n) is 14.6. The van der Waals surface area contributed by atoms with Gasteiger partial charge in [0.2, 0.25) is 5.75 Å². The first-order valence-corrected chi connectivity index (χ1v) is 8.93. The third kappa shape index (κ3) is 3.94. The lowest BCUT2D eigenvalue weighted by Gasteiger charge is -2.12. The number of hydrogen-bond donors (Lipinski definition) is 0. The molecule has 0 aliphatic heterocycles. The lowest BCUT2D eigenvalue weighted by Crippen LogP contribution is -1.95. The molecule has 0 N–H and O–H groups in total. The number of aromatic nitrogens is 1. The van der Waals surface area contributed by atoms with Crippen molar-refractivity contribution < 1.29 is 14.2 Å². The number of methoxy groups -OCH3 is 3. The van der Waals surface area contributed by atoms with Gasteiger partial charge in [-0.15, -0.1) is 11.3 Å². The molecule has 4 nitrogen and oxygen atoms in total. The number of nitrogens with zero attached hydrogens (tertiary/aromatic N) is 1. The van der Waals surface area contributed by atoms with Crippen molar-refractivity contribution in [3.63, 3.8) is 0 Å². The van der Waals surface area contributed by atoms with Gasteiger partial charge in [0.1, 0.15) is 5.01 Å². The summed E-state index contributed by atoms with van der Waals surface area (Å²) in [6.07, 6.45) is 12.6. The molecular weight excluding hydrogens is 334 g/mol. The molecule has 2 aromatic rings. The number of hydrogen-bond acceptors (Lipinski definition) is 5. The molecule has 3 rings (SSSR count). The van der Waals surface area contributed by atoms with Crippen molar-refractivity contribution in [2.45, 2.75) is 12.8 Å². The van der Waals surface area contributed by atoms with Gasteiger partial charge in [-0.25, -0.2) is 4.98 Å². The summed E-state index contributed by atoms with van der Waals surface area (Å²) in [5.41, 5.74) is 3.22. The Hall–Kier alpha value is -2.53. The van der Waals surface area contributed by atoms with E-state index in [1.807, 2.05) is 24.3 Å². The molecule has 1 aromatic carbocycles. The van der Waals surface area contributed by atoms with E-state index >= 15 is 0 Å². The highest BCUT2D eigenvalue weighted by atomic mass is 32.1. The van der Waals surface area contributed by atoms with Gasteiger partial charge in [-0.1, -0.05) is 24.3 Å². The topological polar surface area (TPSA) is 40.6 Å². The zero-order chi connectivity index (χ0) is 17.6. The third-order valence-corrected chi connectivity index (χ3v) is 4.88. The van der Waals surface area contributed by atoms with E-state index in [-0.39, 0.29) is 0 Å². The average Bonchev–Trinajstić information content (AvgIpc) is 3.15. The van der Waals surface area contributed by atoms with Gasteiger partial charge in [0.25, 0.3) is 0 Å². The molecule has 0 spiro atoms. The molecule has 1 aliphatic carbocycles. The number of allylic oxidation sites excluding steroid dienone is 4. The maximum Gasteiger partial charge on any atom is 0.203 e. The molecule has 0 saturated carbocycles. The summed E-state index contributed by atoms with van der Waals surface area (Å²) in [7, 11) is 4.83. The Morgan fingerprint density at radius 2 is 1.80 bits per heavy atom. The Labute approximate surface area is 152 Å². The van der Waals surface area contributed by atoms with Crippen LogP contribution >= 0.6 is 11.3 Å².